The third-order valence-electron chi connectivity index (χ3n) is 5.63. The van der Waals surface area contributed by atoms with E-state index in [9.17, 15) is 0 Å². The Labute approximate surface area is 136 Å². The predicted molar refractivity (Wildman–Crippen MR) is 95.8 cm³/mol. The van der Waals surface area contributed by atoms with Crippen LogP contribution in [0.3, 0.4) is 0 Å². The van der Waals surface area contributed by atoms with E-state index in [1.807, 2.05) is 0 Å². The average molecular weight is 297 g/mol. The van der Waals surface area contributed by atoms with Gasteiger partial charge in [0.1, 0.15) is 0 Å². The van der Waals surface area contributed by atoms with Crippen molar-refractivity contribution in [2.45, 2.75) is 83.2 Å². The number of benzene rings is 1. The maximum Gasteiger partial charge on any atom is 0.0371 e. The molecule has 2 fully saturated rings. The van der Waals surface area contributed by atoms with E-state index in [0.29, 0.717) is 0 Å². The van der Waals surface area contributed by atoms with E-state index in [-0.39, 0.29) is 0 Å². The Morgan fingerprint density at radius 3 is 1.73 bits per heavy atom. The SMILES string of the molecule is C=C(c1ccc(C)cc1)N(C1CCCCC1)C1CCCCC1. The maximum absolute atomic E-state index is 4.53. The van der Waals surface area contributed by atoms with E-state index in [1.165, 1.54) is 81.0 Å². The van der Waals surface area contributed by atoms with E-state index in [2.05, 4.69) is 42.7 Å². The van der Waals surface area contributed by atoms with Crippen LogP contribution < -0.4 is 0 Å². The van der Waals surface area contributed by atoms with Crippen LogP contribution >= 0.6 is 0 Å². The van der Waals surface area contributed by atoms with Gasteiger partial charge in [0.25, 0.3) is 0 Å². The molecule has 0 bridgehead atoms. The Balaban J connectivity index is 1.82. The van der Waals surface area contributed by atoms with E-state index in [4.69, 9.17) is 0 Å². The summed E-state index contributed by atoms with van der Waals surface area (Å²) in [7, 11) is 0. The van der Waals surface area contributed by atoms with Crippen LogP contribution in [0.15, 0.2) is 30.8 Å². The first-order valence-electron chi connectivity index (χ1n) is 9.30. The fraction of sp³-hybridized carbons (Fsp3) is 0.619. The lowest BCUT2D eigenvalue weighted by molar-refractivity contribution is 0.146. The van der Waals surface area contributed by atoms with Gasteiger partial charge in [0.2, 0.25) is 0 Å². The lowest BCUT2D eigenvalue weighted by atomic mass is 9.87. The first kappa shape index (κ1) is 15.6. The number of nitrogens with zero attached hydrogens (tertiary/aromatic N) is 1. The normalized spacial score (nSPS) is 20.8. The van der Waals surface area contributed by atoms with Gasteiger partial charge in [0, 0.05) is 17.8 Å². The van der Waals surface area contributed by atoms with Gasteiger partial charge >= 0.3 is 0 Å². The molecular formula is C21H31N. The number of aryl methyl sites for hydroxylation is 1. The third-order valence-corrected chi connectivity index (χ3v) is 5.63. The quantitative estimate of drug-likeness (QED) is 0.665. The summed E-state index contributed by atoms with van der Waals surface area (Å²) < 4.78 is 0. The van der Waals surface area contributed by atoms with Crippen molar-refractivity contribution in [2.75, 3.05) is 0 Å². The lowest BCUT2D eigenvalue weighted by Crippen LogP contribution is -2.43. The molecule has 22 heavy (non-hydrogen) atoms. The van der Waals surface area contributed by atoms with Crippen LogP contribution in [0.5, 0.6) is 0 Å². The van der Waals surface area contributed by atoms with Crippen LogP contribution in [0.2, 0.25) is 0 Å². The topological polar surface area (TPSA) is 3.24 Å². The summed E-state index contributed by atoms with van der Waals surface area (Å²) in [6.45, 7) is 6.69. The van der Waals surface area contributed by atoms with Gasteiger partial charge in [-0.1, -0.05) is 74.9 Å². The lowest BCUT2D eigenvalue weighted by Gasteiger charge is -2.44. The van der Waals surface area contributed by atoms with Gasteiger partial charge in [0.05, 0.1) is 0 Å². The predicted octanol–water partition coefficient (Wildman–Crippen LogP) is 5.93. The monoisotopic (exact) mass is 297 g/mol. The van der Waals surface area contributed by atoms with Gasteiger partial charge in [-0.2, -0.15) is 0 Å². The van der Waals surface area contributed by atoms with E-state index < -0.39 is 0 Å². The van der Waals surface area contributed by atoms with Crippen LogP contribution in [-0.4, -0.2) is 17.0 Å². The zero-order valence-electron chi connectivity index (χ0n) is 14.2. The first-order valence-corrected chi connectivity index (χ1v) is 9.30. The smallest absolute Gasteiger partial charge is 0.0371 e. The van der Waals surface area contributed by atoms with Crippen molar-refractivity contribution >= 4 is 5.70 Å². The molecule has 0 aliphatic heterocycles. The zero-order chi connectivity index (χ0) is 15.4. The van der Waals surface area contributed by atoms with Gasteiger partial charge in [0.15, 0.2) is 0 Å². The second-order valence-electron chi connectivity index (χ2n) is 7.30. The Kier molecular flexibility index (Phi) is 5.23. The molecule has 0 heterocycles. The molecule has 2 aliphatic rings. The van der Waals surface area contributed by atoms with Gasteiger partial charge in [-0.25, -0.2) is 0 Å². The molecule has 2 aliphatic carbocycles. The highest BCUT2D eigenvalue weighted by atomic mass is 15.2. The van der Waals surface area contributed by atoms with Gasteiger partial charge < -0.3 is 4.90 Å². The van der Waals surface area contributed by atoms with Crippen molar-refractivity contribution in [3.8, 4) is 0 Å². The highest BCUT2D eigenvalue weighted by molar-refractivity contribution is 5.62. The Morgan fingerprint density at radius 1 is 0.818 bits per heavy atom. The minimum atomic E-state index is 0.727. The average Bonchev–Trinajstić information content (AvgIpc) is 2.57. The summed E-state index contributed by atoms with van der Waals surface area (Å²) in [4.78, 5) is 2.74. The van der Waals surface area contributed by atoms with Crippen molar-refractivity contribution in [2.24, 2.45) is 0 Å². The largest absolute Gasteiger partial charge is 0.366 e. The van der Waals surface area contributed by atoms with Crippen molar-refractivity contribution in [3.63, 3.8) is 0 Å². The Bertz CT molecular complexity index is 457. The number of rotatable bonds is 4. The molecular weight excluding hydrogens is 266 g/mol. The summed E-state index contributed by atoms with van der Waals surface area (Å²) in [6, 6.07) is 10.4. The minimum Gasteiger partial charge on any atom is -0.366 e. The zero-order valence-corrected chi connectivity index (χ0v) is 14.2. The van der Waals surface area contributed by atoms with Gasteiger partial charge in [-0.05, 0) is 38.2 Å². The highest BCUT2D eigenvalue weighted by Gasteiger charge is 2.29. The summed E-state index contributed by atoms with van der Waals surface area (Å²) in [5.74, 6) is 0. The van der Waals surface area contributed by atoms with E-state index >= 15 is 0 Å². The molecule has 1 aromatic carbocycles. The van der Waals surface area contributed by atoms with Crippen LogP contribution in [0, 0.1) is 6.92 Å². The minimum absolute atomic E-state index is 0.727. The summed E-state index contributed by atoms with van der Waals surface area (Å²) in [5, 5.41) is 0. The molecule has 0 aromatic heterocycles. The second-order valence-corrected chi connectivity index (χ2v) is 7.30. The summed E-state index contributed by atoms with van der Waals surface area (Å²) in [5.41, 5.74) is 3.93. The Hall–Kier alpha value is -1.24. The van der Waals surface area contributed by atoms with Crippen molar-refractivity contribution in [3.05, 3.63) is 42.0 Å². The van der Waals surface area contributed by atoms with Gasteiger partial charge in [-0.3, -0.25) is 0 Å². The first-order chi connectivity index (χ1) is 10.8. The molecule has 3 rings (SSSR count). The molecule has 0 atom stereocenters. The molecule has 1 nitrogen and oxygen atoms in total. The fourth-order valence-electron chi connectivity index (χ4n) is 4.35. The molecule has 2 saturated carbocycles. The van der Waals surface area contributed by atoms with Crippen molar-refractivity contribution in [1.29, 1.82) is 0 Å². The molecule has 1 aromatic rings. The highest BCUT2D eigenvalue weighted by Crippen LogP contribution is 2.35. The van der Waals surface area contributed by atoms with Crippen LogP contribution in [0.25, 0.3) is 5.70 Å². The van der Waals surface area contributed by atoms with E-state index in [0.717, 1.165) is 12.1 Å². The second kappa shape index (κ2) is 7.35. The maximum atomic E-state index is 4.53. The summed E-state index contributed by atoms with van der Waals surface area (Å²) >= 11 is 0. The van der Waals surface area contributed by atoms with Crippen LogP contribution in [-0.2, 0) is 0 Å². The molecule has 0 amide bonds. The molecule has 0 radical (unpaired) electrons. The molecule has 1 heteroatoms. The fourth-order valence-corrected chi connectivity index (χ4v) is 4.35. The standard InChI is InChI=1S/C21H31N/c1-17-13-15-19(16-14-17)18(2)22(20-9-5-3-6-10-20)21-11-7-4-8-12-21/h13-16,20-21H,2-12H2,1H3. The number of hydrogen-bond acceptors (Lipinski definition) is 1. The van der Waals surface area contributed by atoms with Crippen molar-refractivity contribution < 1.29 is 0 Å². The third kappa shape index (κ3) is 3.56. The molecule has 120 valence electrons. The van der Waals surface area contributed by atoms with Crippen LogP contribution in [0.1, 0.15) is 75.3 Å². The molecule has 0 unspecified atom stereocenters. The number of hydrogen-bond donors (Lipinski definition) is 0. The van der Waals surface area contributed by atoms with Crippen molar-refractivity contribution in [1.82, 2.24) is 4.90 Å². The Morgan fingerprint density at radius 2 is 1.27 bits per heavy atom. The summed E-state index contributed by atoms with van der Waals surface area (Å²) in [6.07, 6.45) is 13.9. The molecule has 0 spiro atoms. The van der Waals surface area contributed by atoms with E-state index in [1.54, 1.807) is 0 Å². The van der Waals surface area contributed by atoms with Gasteiger partial charge in [-0.15, -0.1) is 0 Å². The molecule has 0 N–H and O–H groups in total. The van der Waals surface area contributed by atoms with Crippen LogP contribution in [0.4, 0.5) is 0 Å². The molecule has 0 saturated heterocycles.